The second kappa shape index (κ2) is 9.77. The van der Waals surface area contributed by atoms with Crippen LogP contribution >= 0.6 is 7.37 Å². The molecule has 11 heteroatoms. The molecule has 0 bridgehead atoms. The van der Waals surface area contributed by atoms with E-state index in [1.54, 1.807) is 30.5 Å². The smallest absolute Gasteiger partial charge is 0.259 e. The maximum absolute atomic E-state index is 13.6. The molecule has 0 fully saturated rings. The molecule has 4 aromatic rings. The summed E-state index contributed by atoms with van der Waals surface area (Å²) in [6.45, 7) is 3.14. The van der Waals surface area contributed by atoms with E-state index in [-0.39, 0.29) is 11.5 Å². The van der Waals surface area contributed by atoms with Crippen molar-refractivity contribution in [3.63, 3.8) is 0 Å². The summed E-state index contributed by atoms with van der Waals surface area (Å²) in [5.41, 5.74) is 1.69. The fourth-order valence-corrected chi connectivity index (χ4v) is 4.82. The standard InChI is InChI=1S/C24H23FN5O4P/c1-3-15-13-17(7-10-20(15)35(2,33)34)21(16-5-8-18(25)9-6-16)28-22(31)19-14-26-24(29-23(19)32)30-12-4-11-27-30/h4-14,21H,3H2,1-2H3,(H,28,31)(H,33,34)(H,26,29,32)/t21-/m1/s1. The van der Waals surface area contributed by atoms with Crippen molar-refractivity contribution in [2.24, 2.45) is 0 Å². The molecule has 35 heavy (non-hydrogen) atoms. The van der Waals surface area contributed by atoms with Gasteiger partial charge in [-0.3, -0.25) is 9.36 Å². The number of aromatic nitrogens is 4. The minimum Gasteiger partial charge on any atom is -0.493 e. The molecule has 2 atom stereocenters. The fraction of sp³-hybridized carbons (Fsp3) is 0.167. The Labute approximate surface area is 200 Å². The molecule has 3 N–H and O–H groups in total. The van der Waals surface area contributed by atoms with Crippen LogP contribution in [0.1, 0.15) is 40.0 Å². The predicted octanol–water partition coefficient (Wildman–Crippen LogP) is 3.11. The van der Waals surface area contributed by atoms with Gasteiger partial charge in [0.25, 0.3) is 11.9 Å². The average Bonchev–Trinajstić information content (AvgIpc) is 3.37. The lowest BCUT2D eigenvalue weighted by Gasteiger charge is -2.22. The third-order valence-corrected chi connectivity index (χ3v) is 6.78. The van der Waals surface area contributed by atoms with E-state index in [9.17, 15) is 23.7 Å². The molecule has 2 aromatic heterocycles. The lowest BCUT2D eigenvalue weighted by Crippen LogP contribution is -2.30. The van der Waals surface area contributed by atoms with Crippen molar-refractivity contribution >= 4 is 18.6 Å². The van der Waals surface area contributed by atoms with Crippen molar-refractivity contribution < 1.29 is 23.7 Å². The van der Waals surface area contributed by atoms with Crippen LogP contribution in [-0.2, 0) is 11.0 Å². The van der Waals surface area contributed by atoms with Gasteiger partial charge in [0.05, 0.1) is 6.04 Å². The molecule has 1 amide bonds. The van der Waals surface area contributed by atoms with Crippen LogP contribution in [0.25, 0.3) is 5.95 Å². The molecule has 0 radical (unpaired) electrons. The molecule has 0 aliphatic heterocycles. The summed E-state index contributed by atoms with van der Waals surface area (Å²) >= 11 is 0. The minimum absolute atomic E-state index is 0.0929. The monoisotopic (exact) mass is 495 g/mol. The first-order chi connectivity index (χ1) is 16.7. The van der Waals surface area contributed by atoms with Crippen LogP contribution in [0.3, 0.4) is 0 Å². The molecule has 0 saturated carbocycles. The molecule has 0 aliphatic rings. The zero-order valence-corrected chi connectivity index (χ0v) is 19.9. The van der Waals surface area contributed by atoms with Crippen LogP contribution in [0.5, 0.6) is 5.88 Å². The van der Waals surface area contributed by atoms with Crippen LogP contribution in [0.2, 0.25) is 0 Å². The van der Waals surface area contributed by atoms with Crippen LogP contribution in [0.4, 0.5) is 4.39 Å². The number of halogens is 1. The van der Waals surface area contributed by atoms with Gasteiger partial charge < -0.3 is 15.3 Å². The average molecular weight is 495 g/mol. The van der Waals surface area contributed by atoms with Gasteiger partial charge in [0.1, 0.15) is 11.4 Å². The molecule has 2 heterocycles. The number of rotatable bonds is 7. The van der Waals surface area contributed by atoms with Gasteiger partial charge in [0.15, 0.2) is 0 Å². The first-order valence-corrected chi connectivity index (χ1v) is 12.8. The van der Waals surface area contributed by atoms with Gasteiger partial charge in [-0.1, -0.05) is 31.2 Å². The van der Waals surface area contributed by atoms with Gasteiger partial charge in [-0.2, -0.15) is 10.1 Å². The zero-order valence-electron chi connectivity index (χ0n) is 19.0. The molecule has 180 valence electrons. The maximum Gasteiger partial charge on any atom is 0.259 e. The SMILES string of the molecule is CCc1cc([C@H](NC(=O)c2cnc(-n3cccn3)nc2O)c2ccc(F)cc2)ccc1P(C)(=O)O. The first kappa shape index (κ1) is 24.3. The molecular formula is C24H23FN5O4P. The lowest BCUT2D eigenvalue weighted by atomic mass is 9.96. The molecule has 0 aliphatic carbocycles. The van der Waals surface area contributed by atoms with E-state index in [0.29, 0.717) is 28.4 Å². The number of nitrogens with zero attached hydrogens (tertiary/aromatic N) is 4. The van der Waals surface area contributed by atoms with Gasteiger partial charge in [-0.15, -0.1) is 0 Å². The van der Waals surface area contributed by atoms with E-state index in [4.69, 9.17) is 0 Å². The molecule has 4 rings (SSSR count). The summed E-state index contributed by atoms with van der Waals surface area (Å²) in [4.78, 5) is 31.3. The summed E-state index contributed by atoms with van der Waals surface area (Å²) in [5, 5.41) is 17.6. The number of aryl methyl sites for hydroxylation is 1. The number of hydrogen-bond acceptors (Lipinski definition) is 6. The van der Waals surface area contributed by atoms with Crippen molar-refractivity contribution in [1.82, 2.24) is 25.1 Å². The Kier molecular flexibility index (Phi) is 6.77. The van der Waals surface area contributed by atoms with E-state index in [1.165, 1.54) is 48.0 Å². The van der Waals surface area contributed by atoms with Gasteiger partial charge >= 0.3 is 0 Å². The molecule has 2 aromatic carbocycles. The Hall–Kier alpha value is -3.88. The number of carbonyl (C=O) groups excluding carboxylic acids is 1. The second-order valence-corrected chi connectivity index (χ2v) is 10.2. The largest absolute Gasteiger partial charge is 0.493 e. The highest BCUT2D eigenvalue weighted by molar-refractivity contribution is 7.65. The Balaban J connectivity index is 1.71. The van der Waals surface area contributed by atoms with Gasteiger partial charge in [-0.05, 0) is 47.4 Å². The number of carbonyl (C=O) groups is 1. The summed E-state index contributed by atoms with van der Waals surface area (Å²) in [6, 6.07) is 11.5. The Morgan fingerprint density at radius 3 is 2.51 bits per heavy atom. The van der Waals surface area contributed by atoms with Crippen molar-refractivity contribution in [2.75, 3.05) is 6.66 Å². The highest BCUT2D eigenvalue weighted by Gasteiger charge is 2.24. The third-order valence-electron chi connectivity index (χ3n) is 5.45. The van der Waals surface area contributed by atoms with E-state index < -0.39 is 31.0 Å². The van der Waals surface area contributed by atoms with E-state index in [1.807, 2.05) is 6.92 Å². The van der Waals surface area contributed by atoms with Crippen LogP contribution in [0, 0.1) is 5.82 Å². The molecule has 0 spiro atoms. The quantitative estimate of drug-likeness (QED) is 0.336. The fourth-order valence-electron chi connectivity index (χ4n) is 3.72. The first-order valence-electron chi connectivity index (χ1n) is 10.7. The number of benzene rings is 2. The van der Waals surface area contributed by atoms with E-state index >= 15 is 0 Å². The van der Waals surface area contributed by atoms with Crippen LogP contribution < -0.4 is 10.6 Å². The summed E-state index contributed by atoms with van der Waals surface area (Å²) in [7, 11) is -3.50. The van der Waals surface area contributed by atoms with E-state index in [0.717, 1.165) is 0 Å². The second-order valence-electron chi connectivity index (χ2n) is 7.94. The minimum atomic E-state index is -3.50. The predicted molar refractivity (Wildman–Crippen MR) is 128 cm³/mol. The highest BCUT2D eigenvalue weighted by atomic mass is 31.2. The highest BCUT2D eigenvalue weighted by Crippen LogP contribution is 2.36. The Bertz CT molecular complexity index is 1400. The molecule has 0 saturated heterocycles. The normalized spacial score (nSPS) is 13.7. The molecule has 9 nitrogen and oxygen atoms in total. The number of hydrogen-bond donors (Lipinski definition) is 3. The van der Waals surface area contributed by atoms with Crippen molar-refractivity contribution in [2.45, 2.75) is 19.4 Å². The van der Waals surface area contributed by atoms with Gasteiger partial charge in [0.2, 0.25) is 13.2 Å². The molecular weight excluding hydrogens is 472 g/mol. The third kappa shape index (κ3) is 5.29. The topological polar surface area (TPSA) is 130 Å². The number of nitrogens with one attached hydrogen (secondary N) is 1. The number of aromatic hydroxyl groups is 1. The summed E-state index contributed by atoms with van der Waals surface area (Å²) < 4.78 is 27.2. The van der Waals surface area contributed by atoms with E-state index in [2.05, 4.69) is 20.4 Å². The zero-order chi connectivity index (χ0) is 25.2. The van der Waals surface area contributed by atoms with Crippen LogP contribution in [0.15, 0.2) is 67.1 Å². The van der Waals surface area contributed by atoms with Gasteiger partial charge in [0, 0.05) is 30.6 Å². The Morgan fingerprint density at radius 2 is 1.91 bits per heavy atom. The van der Waals surface area contributed by atoms with Crippen molar-refractivity contribution in [3.8, 4) is 11.8 Å². The molecule has 1 unspecified atom stereocenters. The van der Waals surface area contributed by atoms with Gasteiger partial charge in [-0.25, -0.2) is 14.1 Å². The van der Waals surface area contributed by atoms with Crippen molar-refractivity contribution in [3.05, 3.63) is 95.2 Å². The number of amides is 1. The summed E-state index contributed by atoms with van der Waals surface area (Å²) in [5.74, 6) is -1.53. The van der Waals surface area contributed by atoms with Crippen LogP contribution in [-0.4, -0.2) is 42.3 Å². The van der Waals surface area contributed by atoms with Crippen molar-refractivity contribution in [1.29, 1.82) is 0 Å². The summed E-state index contributed by atoms with van der Waals surface area (Å²) in [6.07, 6.45) is 4.80. The maximum atomic E-state index is 13.6. The Morgan fingerprint density at radius 1 is 1.20 bits per heavy atom. The lowest BCUT2D eigenvalue weighted by molar-refractivity contribution is 0.0939.